The van der Waals surface area contributed by atoms with Crippen LogP contribution in [0.5, 0.6) is 11.5 Å². The highest BCUT2D eigenvalue weighted by Crippen LogP contribution is 2.35. The summed E-state index contributed by atoms with van der Waals surface area (Å²) < 4.78 is 10.9. The second kappa shape index (κ2) is 5.73. The summed E-state index contributed by atoms with van der Waals surface area (Å²) in [5.74, 6) is 1.66. The molecule has 4 heteroatoms. The van der Waals surface area contributed by atoms with Crippen LogP contribution in [0.1, 0.15) is 24.1 Å². The Kier molecular flexibility index (Phi) is 3.81. The molecule has 0 aromatic heterocycles. The molecule has 104 valence electrons. The molecule has 3 rings (SSSR count). The summed E-state index contributed by atoms with van der Waals surface area (Å²) in [7, 11) is 0. The van der Waals surface area contributed by atoms with Crippen molar-refractivity contribution in [2.24, 2.45) is 0 Å². The number of rotatable bonds is 4. The van der Waals surface area contributed by atoms with Crippen LogP contribution in [0.25, 0.3) is 0 Å². The first kappa shape index (κ1) is 13.3. The largest absolute Gasteiger partial charge is 0.454 e. The smallest absolute Gasteiger partial charge is 0.231 e. The third kappa shape index (κ3) is 2.74. The average molecular weight is 290 g/mol. The molecule has 0 aliphatic carbocycles. The van der Waals surface area contributed by atoms with Crippen molar-refractivity contribution in [2.45, 2.75) is 19.5 Å². The Balaban J connectivity index is 1.69. The minimum absolute atomic E-state index is 0.215. The van der Waals surface area contributed by atoms with Crippen LogP contribution >= 0.6 is 11.6 Å². The summed E-state index contributed by atoms with van der Waals surface area (Å²) in [5.41, 5.74) is 2.27. The predicted molar refractivity (Wildman–Crippen MR) is 79.3 cm³/mol. The van der Waals surface area contributed by atoms with E-state index in [9.17, 15) is 0 Å². The van der Waals surface area contributed by atoms with E-state index in [-0.39, 0.29) is 6.04 Å². The molecular formula is C16H16ClNO2. The van der Waals surface area contributed by atoms with Crippen LogP contribution in [-0.2, 0) is 6.54 Å². The summed E-state index contributed by atoms with van der Waals surface area (Å²) >= 11 is 6.02. The van der Waals surface area contributed by atoms with Crippen LogP contribution in [0.2, 0.25) is 5.02 Å². The number of benzene rings is 2. The molecule has 2 aromatic carbocycles. The summed E-state index contributed by atoms with van der Waals surface area (Å²) in [6, 6.07) is 14.1. The number of ether oxygens (including phenoxy) is 2. The number of fused-ring (bicyclic) bond motifs is 1. The summed E-state index contributed by atoms with van der Waals surface area (Å²) in [4.78, 5) is 0. The molecular weight excluding hydrogens is 274 g/mol. The van der Waals surface area contributed by atoms with Gasteiger partial charge in [0.25, 0.3) is 0 Å². The fourth-order valence-electron chi connectivity index (χ4n) is 2.29. The van der Waals surface area contributed by atoms with E-state index in [1.165, 1.54) is 5.56 Å². The van der Waals surface area contributed by atoms with Crippen LogP contribution in [0, 0.1) is 0 Å². The lowest BCUT2D eigenvalue weighted by Gasteiger charge is -2.15. The lowest BCUT2D eigenvalue weighted by atomic mass is 10.1. The highest BCUT2D eigenvalue weighted by molar-refractivity contribution is 6.30. The van der Waals surface area contributed by atoms with Crippen LogP contribution in [-0.4, -0.2) is 6.79 Å². The third-order valence-electron chi connectivity index (χ3n) is 3.43. The predicted octanol–water partition coefficient (Wildman–Crippen LogP) is 3.92. The number of hydrogen-bond acceptors (Lipinski definition) is 3. The average Bonchev–Trinajstić information content (AvgIpc) is 2.93. The molecule has 0 unspecified atom stereocenters. The van der Waals surface area contributed by atoms with E-state index in [1.807, 2.05) is 36.4 Å². The number of nitrogens with one attached hydrogen (secondary N) is 1. The molecule has 1 atom stereocenters. The zero-order valence-electron chi connectivity index (χ0n) is 11.2. The van der Waals surface area contributed by atoms with E-state index in [2.05, 4.69) is 18.3 Å². The lowest BCUT2D eigenvalue weighted by Crippen LogP contribution is -2.18. The van der Waals surface area contributed by atoms with Gasteiger partial charge < -0.3 is 14.8 Å². The van der Waals surface area contributed by atoms with E-state index in [0.717, 1.165) is 28.6 Å². The van der Waals surface area contributed by atoms with E-state index in [4.69, 9.17) is 21.1 Å². The first-order valence-electron chi connectivity index (χ1n) is 6.60. The molecule has 0 spiro atoms. The Hall–Kier alpha value is -1.71. The monoisotopic (exact) mass is 289 g/mol. The number of hydrogen-bond donors (Lipinski definition) is 1. The molecule has 3 nitrogen and oxygen atoms in total. The molecule has 1 aliphatic heterocycles. The Morgan fingerprint density at radius 3 is 2.90 bits per heavy atom. The zero-order chi connectivity index (χ0) is 13.9. The maximum atomic E-state index is 6.02. The SMILES string of the molecule is C[C@@H](NCc1cccc2c1OCO2)c1cccc(Cl)c1. The van der Waals surface area contributed by atoms with E-state index in [0.29, 0.717) is 6.79 Å². The lowest BCUT2D eigenvalue weighted by molar-refractivity contribution is 0.173. The van der Waals surface area contributed by atoms with E-state index < -0.39 is 0 Å². The summed E-state index contributed by atoms with van der Waals surface area (Å²) in [5, 5.41) is 4.24. The van der Waals surface area contributed by atoms with Gasteiger partial charge in [-0.1, -0.05) is 35.9 Å². The maximum Gasteiger partial charge on any atom is 0.231 e. The van der Waals surface area contributed by atoms with Crippen LogP contribution in [0.3, 0.4) is 0 Å². The van der Waals surface area contributed by atoms with Gasteiger partial charge in [-0.05, 0) is 30.7 Å². The first-order valence-corrected chi connectivity index (χ1v) is 6.98. The molecule has 0 bridgehead atoms. The molecule has 1 heterocycles. The molecule has 1 N–H and O–H groups in total. The molecule has 2 aromatic rings. The topological polar surface area (TPSA) is 30.5 Å². The number of para-hydroxylation sites is 1. The van der Waals surface area contributed by atoms with Crippen molar-refractivity contribution in [1.29, 1.82) is 0 Å². The second-order valence-electron chi connectivity index (χ2n) is 4.81. The molecule has 0 radical (unpaired) electrons. The van der Waals surface area contributed by atoms with Gasteiger partial charge in [-0.15, -0.1) is 0 Å². The van der Waals surface area contributed by atoms with Gasteiger partial charge in [0.15, 0.2) is 11.5 Å². The maximum absolute atomic E-state index is 6.02. The Morgan fingerprint density at radius 1 is 1.20 bits per heavy atom. The van der Waals surface area contributed by atoms with Gasteiger partial charge in [0.2, 0.25) is 6.79 Å². The van der Waals surface area contributed by atoms with E-state index in [1.54, 1.807) is 0 Å². The van der Waals surface area contributed by atoms with E-state index >= 15 is 0 Å². The molecule has 1 aliphatic rings. The Morgan fingerprint density at radius 2 is 2.05 bits per heavy atom. The van der Waals surface area contributed by atoms with Gasteiger partial charge in [-0.2, -0.15) is 0 Å². The fourth-order valence-corrected chi connectivity index (χ4v) is 2.49. The number of halogens is 1. The van der Waals surface area contributed by atoms with Crippen LogP contribution in [0.15, 0.2) is 42.5 Å². The van der Waals surface area contributed by atoms with Crippen molar-refractivity contribution in [2.75, 3.05) is 6.79 Å². The quantitative estimate of drug-likeness (QED) is 0.925. The highest BCUT2D eigenvalue weighted by Gasteiger charge is 2.17. The third-order valence-corrected chi connectivity index (χ3v) is 3.66. The minimum Gasteiger partial charge on any atom is -0.454 e. The van der Waals surface area contributed by atoms with Crippen molar-refractivity contribution in [1.82, 2.24) is 5.32 Å². The van der Waals surface area contributed by atoms with Crippen molar-refractivity contribution in [3.8, 4) is 11.5 Å². The first-order chi connectivity index (χ1) is 9.74. The van der Waals surface area contributed by atoms with Gasteiger partial charge >= 0.3 is 0 Å². The standard InChI is InChI=1S/C16H16ClNO2/c1-11(12-4-2-6-14(17)8-12)18-9-13-5-3-7-15-16(13)20-10-19-15/h2-8,11,18H,9-10H2,1H3/t11-/m1/s1. The van der Waals surface area contributed by atoms with Crippen molar-refractivity contribution >= 4 is 11.6 Å². The molecule has 20 heavy (non-hydrogen) atoms. The summed E-state index contributed by atoms with van der Waals surface area (Å²) in [6.45, 7) is 3.14. The normalized spacial score (nSPS) is 14.3. The van der Waals surface area contributed by atoms with Crippen molar-refractivity contribution in [3.05, 3.63) is 58.6 Å². The van der Waals surface area contributed by atoms with Crippen LogP contribution < -0.4 is 14.8 Å². The van der Waals surface area contributed by atoms with Crippen molar-refractivity contribution in [3.63, 3.8) is 0 Å². The zero-order valence-corrected chi connectivity index (χ0v) is 12.0. The van der Waals surface area contributed by atoms with Crippen LogP contribution in [0.4, 0.5) is 0 Å². The molecule has 0 saturated heterocycles. The second-order valence-corrected chi connectivity index (χ2v) is 5.24. The highest BCUT2D eigenvalue weighted by atomic mass is 35.5. The van der Waals surface area contributed by atoms with Gasteiger partial charge in [0, 0.05) is 23.2 Å². The van der Waals surface area contributed by atoms with Gasteiger partial charge in [0.1, 0.15) is 0 Å². The molecule has 0 amide bonds. The van der Waals surface area contributed by atoms with Gasteiger partial charge in [-0.25, -0.2) is 0 Å². The Bertz CT molecular complexity index is 615. The molecule has 0 fully saturated rings. The van der Waals surface area contributed by atoms with Gasteiger partial charge in [-0.3, -0.25) is 0 Å². The summed E-state index contributed by atoms with van der Waals surface area (Å²) in [6.07, 6.45) is 0. The Labute approximate surface area is 123 Å². The van der Waals surface area contributed by atoms with Crippen molar-refractivity contribution < 1.29 is 9.47 Å². The fraction of sp³-hybridized carbons (Fsp3) is 0.250. The molecule has 0 saturated carbocycles. The van der Waals surface area contributed by atoms with Gasteiger partial charge in [0.05, 0.1) is 0 Å². The minimum atomic E-state index is 0.215.